The number of rotatable bonds is 7. The number of aromatic nitrogens is 5. The fourth-order valence-corrected chi connectivity index (χ4v) is 7.58. The van der Waals surface area contributed by atoms with Gasteiger partial charge in [-0.1, -0.05) is 30.3 Å². The normalized spacial score (nSPS) is 22.0. The number of Topliss-reactive ketones (excluding diaryl/α,β-unsaturated/α-hetero) is 1. The van der Waals surface area contributed by atoms with Crippen LogP contribution in [0.4, 0.5) is 23.4 Å². The Morgan fingerprint density at radius 3 is 2.39 bits per heavy atom. The van der Waals surface area contributed by atoms with E-state index in [1.54, 1.807) is 24.8 Å². The van der Waals surface area contributed by atoms with Crippen LogP contribution >= 0.6 is 35.8 Å². The van der Waals surface area contributed by atoms with Gasteiger partial charge in [0, 0.05) is 67.9 Å². The summed E-state index contributed by atoms with van der Waals surface area (Å²) >= 11 is 8.23. The maximum absolute atomic E-state index is 12.3. The van der Waals surface area contributed by atoms with Crippen molar-refractivity contribution >= 4 is 65.0 Å². The van der Waals surface area contributed by atoms with Crippen molar-refractivity contribution in [3.05, 3.63) is 41.9 Å². The van der Waals surface area contributed by atoms with Crippen LogP contribution in [0.1, 0.15) is 39.0 Å². The van der Waals surface area contributed by atoms with Gasteiger partial charge in [0.15, 0.2) is 5.82 Å². The molecule has 2 saturated heterocycles. The van der Waals surface area contributed by atoms with Crippen molar-refractivity contribution in [3.63, 3.8) is 0 Å². The van der Waals surface area contributed by atoms with Gasteiger partial charge < -0.3 is 25.8 Å². The summed E-state index contributed by atoms with van der Waals surface area (Å²) in [7, 11) is 4.27. The van der Waals surface area contributed by atoms with Gasteiger partial charge >= 0.3 is 0 Å². The van der Waals surface area contributed by atoms with Gasteiger partial charge in [0.2, 0.25) is 5.95 Å². The number of hydrogen-bond acceptors (Lipinski definition) is 12. The number of carbonyl (C=O) groups is 1. The van der Waals surface area contributed by atoms with Crippen molar-refractivity contribution in [2.75, 3.05) is 55.4 Å². The van der Waals surface area contributed by atoms with Crippen LogP contribution < -0.4 is 20.9 Å². The predicted molar refractivity (Wildman–Crippen MR) is 178 cm³/mol. The minimum absolute atomic E-state index is 0. The summed E-state index contributed by atoms with van der Waals surface area (Å²) in [6, 6.07) is 4.22. The molecule has 3 aliphatic rings. The second-order valence-electron chi connectivity index (χ2n) is 12.1. The van der Waals surface area contributed by atoms with Crippen molar-refractivity contribution in [2.24, 2.45) is 17.1 Å². The van der Waals surface area contributed by atoms with E-state index in [2.05, 4.69) is 49.1 Å². The molecule has 0 aromatic carbocycles. The highest BCUT2D eigenvalue weighted by molar-refractivity contribution is 7.99. The molecule has 44 heavy (non-hydrogen) atoms. The highest BCUT2D eigenvalue weighted by Gasteiger charge is 2.50. The van der Waals surface area contributed by atoms with Crippen molar-refractivity contribution in [1.29, 1.82) is 0 Å². The Morgan fingerprint density at radius 2 is 1.75 bits per heavy atom. The second-order valence-corrected chi connectivity index (χ2v) is 13.6. The fraction of sp³-hybridized carbons (Fsp3) is 0.533. The summed E-state index contributed by atoms with van der Waals surface area (Å²) in [6.07, 6.45) is 11.6. The van der Waals surface area contributed by atoms with Gasteiger partial charge in [-0.15, -0.1) is 12.4 Å². The molecule has 0 bridgehead atoms. The first-order valence-electron chi connectivity index (χ1n) is 14.9. The number of pyridine rings is 1. The Labute approximate surface area is 274 Å². The largest absolute Gasteiger partial charge is 0.355 e. The molecule has 0 unspecified atom stereocenters. The monoisotopic (exact) mass is 658 g/mol. The summed E-state index contributed by atoms with van der Waals surface area (Å²) in [5.74, 6) is 2.95. The molecule has 1 spiro atoms. The number of halogens is 2. The Bertz CT molecular complexity index is 1450. The van der Waals surface area contributed by atoms with Crippen LogP contribution in [0, 0.1) is 11.3 Å². The third-order valence-electron chi connectivity index (χ3n) is 9.41. The first-order valence-corrected chi connectivity index (χ1v) is 16.1. The molecule has 3 aromatic heterocycles. The van der Waals surface area contributed by atoms with Crippen molar-refractivity contribution < 1.29 is 4.79 Å². The van der Waals surface area contributed by atoms with E-state index in [9.17, 15) is 4.79 Å². The Kier molecular flexibility index (Phi) is 10.2. The van der Waals surface area contributed by atoms with E-state index in [4.69, 9.17) is 27.3 Å². The summed E-state index contributed by atoms with van der Waals surface area (Å²) in [4.78, 5) is 42.9. The number of hydrogen-bond donors (Lipinski definition) is 2. The van der Waals surface area contributed by atoms with Gasteiger partial charge in [0.05, 0.1) is 17.4 Å². The van der Waals surface area contributed by atoms with E-state index in [1.165, 1.54) is 11.8 Å². The molecule has 1 saturated carbocycles. The van der Waals surface area contributed by atoms with Crippen molar-refractivity contribution in [1.82, 2.24) is 29.8 Å². The predicted octanol–water partition coefficient (Wildman–Crippen LogP) is 4.68. The second kappa shape index (κ2) is 13.7. The van der Waals surface area contributed by atoms with Gasteiger partial charge in [-0.2, -0.15) is 4.98 Å². The van der Waals surface area contributed by atoms with Gasteiger partial charge in [-0.3, -0.25) is 4.79 Å². The zero-order valence-corrected chi connectivity index (χ0v) is 27.7. The number of carbonyl (C=O) groups excluding carboxylic acids is 1. The van der Waals surface area contributed by atoms with Crippen LogP contribution in [0.2, 0.25) is 5.02 Å². The third-order valence-corrected chi connectivity index (χ3v) is 10.9. The Hall–Kier alpha value is -2.77. The van der Waals surface area contributed by atoms with Gasteiger partial charge in [0.25, 0.3) is 0 Å². The zero-order chi connectivity index (χ0) is 30.1. The first kappa shape index (κ1) is 32.6. The molecule has 14 heteroatoms. The van der Waals surface area contributed by atoms with Crippen LogP contribution in [-0.2, 0) is 4.79 Å². The SMILES string of the molecule is C[C@@H]1C(=O)CC2(CCN(c3cnc(Sc4ccnc(Nc5ccnc(N6CCC(N(C)C)CC6)n5)c4Cl)cn3)CC2)[C@H]1N.Cl. The van der Waals surface area contributed by atoms with Crippen molar-refractivity contribution in [2.45, 2.75) is 61.0 Å². The number of nitrogens with two attached hydrogens (primary N) is 1. The number of nitrogens with one attached hydrogen (secondary N) is 1. The number of anilines is 4. The molecule has 6 rings (SSSR count). The summed E-state index contributed by atoms with van der Waals surface area (Å²) < 4.78 is 0. The van der Waals surface area contributed by atoms with Crippen LogP contribution in [0.5, 0.6) is 0 Å². The molecule has 0 radical (unpaired) electrons. The minimum Gasteiger partial charge on any atom is -0.355 e. The lowest BCUT2D eigenvalue weighted by atomic mass is 9.73. The van der Waals surface area contributed by atoms with E-state index >= 15 is 0 Å². The topological polar surface area (TPSA) is 129 Å². The standard InChI is InChI=1S/C30H39ClN10OS.ClH/c1-19-21(42)16-30(27(19)32)8-14-40(15-9-30)24-17-36-25(18-35-24)43-22-4-10-33-28(26(22)31)37-23-5-11-34-29(38-23)41-12-6-20(7-13-41)39(2)3;/h4-5,10-11,17-20,27H,6-9,12-16,32H2,1-3H3,(H,33,34,37,38);1H/t19-,27+;/m1./s1. The fourth-order valence-electron chi connectivity index (χ4n) is 6.55. The maximum Gasteiger partial charge on any atom is 0.227 e. The van der Waals surface area contributed by atoms with Gasteiger partial charge in [-0.25, -0.2) is 19.9 Å². The van der Waals surface area contributed by atoms with E-state index in [0.717, 1.165) is 67.6 Å². The smallest absolute Gasteiger partial charge is 0.227 e. The van der Waals surface area contributed by atoms with E-state index in [-0.39, 0.29) is 29.8 Å². The molecule has 2 atom stereocenters. The highest BCUT2D eigenvalue weighted by Crippen LogP contribution is 2.46. The van der Waals surface area contributed by atoms with Crippen LogP contribution in [0.15, 0.2) is 46.8 Å². The summed E-state index contributed by atoms with van der Waals surface area (Å²) in [5.41, 5.74) is 6.40. The lowest BCUT2D eigenvalue weighted by molar-refractivity contribution is -0.120. The average molecular weight is 660 g/mol. The van der Waals surface area contributed by atoms with E-state index in [0.29, 0.717) is 40.9 Å². The third kappa shape index (κ3) is 6.74. The summed E-state index contributed by atoms with van der Waals surface area (Å²) in [6.45, 7) is 5.44. The molecule has 236 valence electrons. The molecular formula is C30H40Cl2N10OS. The molecule has 0 amide bonds. The lowest BCUT2D eigenvalue weighted by Gasteiger charge is -2.42. The van der Waals surface area contributed by atoms with Crippen LogP contribution in [0.3, 0.4) is 0 Å². The molecule has 1 aliphatic carbocycles. The zero-order valence-electron chi connectivity index (χ0n) is 25.3. The lowest BCUT2D eigenvalue weighted by Crippen LogP contribution is -2.48. The van der Waals surface area contributed by atoms with Crippen molar-refractivity contribution in [3.8, 4) is 0 Å². The molecule has 11 nitrogen and oxygen atoms in total. The number of ketones is 1. The Balaban J connectivity index is 0.00000384. The highest BCUT2D eigenvalue weighted by atomic mass is 35.5. The molecule has 3 aromatic rings. The molecule has 3 N–H and O–H groups in total. The molecule has 5 heterocycles. The average Bonchev–Trinajstić information content (AvgIpc) is 3.23. The van der Waals surface area contributed by atoms with Crippen LogP contribution in [-0.4, -0.2) is 88.0 Å². The quantitative estimate of drug-likeness (QED) is 0.365. The summed E-state index contributed by atoms with van der Waals surface area (Å²) in [5, 5.41) is 4.50. The first-order chi connectivity index (χ1) is 20.7. The number of nitrogens with zero attached hydrogens (tertiary/aromatic N) is 8. The minimum atomic E-state index is -0.0729. The molecule has 2 aliphatic heterocycles. The van der Waals surface area contributed by atoms with Gasteiger partial charge in [0.1, 0.15) is 22.4 Å². The molecular weight excluding hydrogens is 619 g/mol. The Morgan fingerprint density at radius 1 is 1.02 bits per heavy atom. The van der Waals surface area contributed by atoms with Gasteiger partial charge in [-0.05, 0) is 57.3 Å². The maximum atomic E-state index is 12.3. The van der Waals surface area contributed by atoms with Crippen LogP contribution in [0.25, 0.3) is 0 Å². The molecule has 3 fully saturated rings. The van der Waals surface area contributed by atoms with E-state index < -0.39 is 0 Å². The van der Waals surface area contributed by atoms with E-state index in [1.807, 2.05) is 19.1 Å². The number of piperidine rings is 2.